The van der Waals surface area contributed by atoms with Gasteiger partial charge in [-0.05, 0) is 74.0 Å². The van der Waals surface area contributed by atoms with Crippen molar-refractivity contribution in [2.45, 2.75) is 38.8 Å². The van der Waals surface area contributed by atoms with E-state index in [1.165, 1.54) is 17.0 Å². The molecule has 6 nitrogen and oxygen atoms in total. The van der Waals surface area contributed by atoms with Crippen molar-refractivity contribution in [3.05, 3.63) is 56.9 Å². The van der Waals surface area contributed by atoms with Crippen molar-refractivity contribution >= 4 is 46.0 Å². The number of carbonyl (C=O) groups is 2. The van der Waals surface area contributed by atoms with E-state index in [0.29, 0.717) is 22.6 Å². The smallest absolute Gasteiger partial charge is 0.410 e. The Hall–Kier alpha value is -2.50. The fraction of sp³-hybridized carbons (Fsp3) is 0.364. The summed E-state index contributed by atoms with van der Waals surface area (Å²) in [6.45, 7) is 5.82. The molecule has 1 saturated heterocycles. The van der Waals surface area contributed by atoms with Gasteiger partial charge in [-0.2, -0.15) is 0 Å². The maximum absolute atomic E-state index is 14.6. The lowest BCUT2D eigenvalue weighted by molar-refractivity contribution is 0.0290. The van der Waals surface area contributed by atoms with Crippen LogP contribution in [-0.2, 0) is 4.74 Å². The van der Waals surface area contributed by atoms with Crippen LogP contribution in [0.15, 0.2) is 30.3 Å². The predicted octanol–water partition coefficient (Wildman–Crippen LogP) is 5.19. The van der Waals surface area contributed by atoms with Gasteiger partial charge in [0.25, 0.3) is 5.91 Å². The molecule has 1 aliphatic rings. The van der Waals surface area contributed by atoms with E-state index in [1.807, 2.05) is 22.6 Å². The number of anilines is 2. The second-order valence-electron chi connectivity index (χ2n) is 8.44. The highest BCUT2D eigenvalue weighted by Crippen LogP contribution is 2.28. The number of hydrogen-bond acceptors (Lipinski definition) is 4. The Balaban J connectivity index is 1.76. The summed E-state index contributed by atoms with van der Waals surface area (Å²) in [6, 6.07) is 5.36. The van der Waals surface area contributed by atoms with Crippen molar-refractivity contribution in [1.82, 2.24) is 10.2 Å². The number of ether oxygens (including phenoxy) is 1. The molecule has 1 heterocycles. The van der Waals surface area contributed by atoms with Gasteiger partial charge in [-0.15, -0.1) is 0 Å². The van der Waals surface area contributed by atoms with Crippen LogP contribution in [0.3, 0.4) is 0 Å². The summed E-state index contributed by atoms with van der Waals surface area (Å²) >= 11 is 1.93. The first-order chi connectivity index (χ1) is 14.9. The minimum absolute atomic E-state index is 0.0265. The highest BCUT2D eigenvalue weighted by molar-refractivity contribution is 14.1. The van der Waals surface area contributed by atoms with Crippen molar-refractivity contribution in [3.8, 4) is 0 Å². The average molecular weight is 561 g/mol. The van der Waals surface area contributed by atoms with Crippen LogP contribution in [-0.4, -0.2) is 41.6 Å². The van der Waals surface area contributed by atoms with Gasteiger partial charge in [0.05, 0.1) is 16.9 Å². The van der Waals surface area contributed by atoms with E-state index in [9.17, 15) is 22.8 Å². The number of carbonyl (C=O) groups excluding carboxylic acids is 2. The lowest BCUT2D eigenvalue weighted by Crippen LogP contribution is -2.40. The van der Waals surface area contributed by atoms with Gasteiger partial charge in [0.1, 0.15) is 23.1 Å². The molecule has 2 aromatic carbocycles. The summed E-state index contributed by atoms with van der Waals surface area (Å²) < 4.78 is 48.6. The van der Waals surface area contributed by atoms with Gasteiger partial charge in [0.15, 0.2) is 0 Å². The van der Waals surface area contributed by atoms with Crippen LogP contribution in [0.5, 0.6) is 0 Å². The second-order valence-corrected chi connectivity index (χ2v) is 9.69. The molecular weight excluding hydrogens is 538 g/mol. The summed E-state index contributed by atoms with van der Waals surface area (Å²) in [5, 5.41) is 5.27. The van der Waals surface area contributed by atoms with E-state index in [4.69, 9.17) is 4.74 Å². The van der Waals surface area contributed by atoms with E-state index >= 15 is 0 Å². The lowest BCUT2D eigenvalue weighted by atomic mass is 10.1. The molecule has 2 N–H and O–H groups in total. The largest absolute Gasteiger partial charge is 0.444 e. The topological polar surface area (TPSA) is 70.7 Å². The van der Waals surface area contributed by atoms with Crippen LogP contribution in [0.25, 0.3) is 0 Å². The van der Waals surface area contributed by atoms with E-state index in [0.717, 1.165) is 6.07 Å². The number of halogens is 4. The number of hydrogen-bond donors (Lipinski definition) is 2. The Kier molecular flexibility index (Phi) is 7.21. The number of nitrogens with one attached hydrogen (secondary N) is 2. The molecule has 0 aromatic heterocycles. The summed E-state index contributed by atoms with van der Waals surface area (Å²) in [7, 11) is 0. The summed E-state index contributed by atoms with van der Waals surface area (Å²) in [5.41, 5.74) is -1.33. The first-order valence-corrected chi connectivity index (χ1v) is 11.0. The number of rotatable bonds is 4. The SMILES string of the molecule is CC(C)(C)OC(=O)N1CCC(NC(=O)c2c(F)cc(F)cc2Nc2ccc(I)cc2F)C1. The van der Waals surface area contributed by atoms with Crippen LogP contribution in [0.2, 0.25) is 0 Å². The Bertz CT molecular complexity index is 1040. The number of likely N-dealkylation sites (tertiary alicyclic amines) is 1. The Labute approximate surface area is 197 Å². The van der Waals surface area contributed by atoms with Crippen molar-refractivity contribution in [2.75, 3.05) is 18.4 Å². The number of amides is 2. The fourth-order valence-electron chi connectivity index (χ4n) is 3.27. The number of nitrogens with zero attached hydrogens (tertiary/aromatic N) is 1. The quantitative estimate of drug-likeness (QED) is 0.505. The molecule has 1 atom stereocenters. The summed E-state index contributed by atoms with van der Waals surface area (Å²) in [4.78, 5) is 26.5. The van der Waals surface area contributed by atoms with Gasteiger partial charge in [0, 0.05) is 28.8 Å². The maximum atomic E-state index is 14.6. The first-order valence-electron chi connectivity index (χ1n) is 9.93. The molecule has 0 radical (unpaired) electrons. The molecule has 10 heteroatoms. The molecule has 2 aromatic rings. The maximum Gasteiger partial charge on any atom is 0.410 e. The van der Waals surface area contributed by atoms with Gasteiger partial charge in [0.2, 0.25) is 0 Å². The standard InChI is InChI=1S/C22H23F3IN3O3/c1-22(2,3)32-21(31)29-7-6-14(11-29)27-20(30)19-16(25)8-12(23)9-18(19)28-17-5-4-13(26)10-15(17)24/h4-5,8-10,14,28H,6-7,11H2,1-3H3,(H,27,30). The second kappa shape index (κ2) is 9.55. The Morgan fingerprint density at radius 1 is 1.09 bits per heavy atom. The first kappa shape index (κ1) is 24.1. The van der Waals surface area contributed by atoms with Gasteiger partial charge >= 0.3 is 6.09 Å². The lowest BCUT2D eigenvalue weighted by Gasteiger charge is -2.24. The zero-order chi connectivity index (χ0) is 23.6. The van der Waals surface area contributed by atoms with Crippen molar-refractivity contribution in [1.29, 1.82) is 0 Å². The fourth-order valence-corrected chi connectivity index (χ4v) is 3.72. The normalized spacial score (nSPS) is 16.1. The molecule has 1 fully saturated rings. The molecule has 0 saturated carbocycles. The van der Waals surface area contributed by atoms with Gasteiger partial charge in [-0.3, -0.25) is 4.79 Å². The van der Waals surface area contributed by atoms with E-state index in [-0.39, 0.29) is 17.9 Å². The van der Waals surface area contributed by atoms with Crippen LogP contribution in [0.1, 0.15) is 37.6 Å². The van der Waals surface area contributed by atoms with Crippen molar-refractivity contribution in [2.24, 2.45) is 0 Å². The average Bonchev–Trinajstić information content (AvgIpc) is 3.10. The highest BCUT2D eigenvalue weighted by Gasteiger charge is 2.31. The predicted molar refractivity (Wildman–Crippen MR) is 122 cm³/mol. The Morgan fingerprint density at radius 3 is 2.47 bits per heavy atom. The third kappa shape index (κ3) is 6.05. The molecule has 0 bridgehead atoms. The number of benzene rings is 2. The van der Waals surface area contributed by atoms with Crippen molar-refractivity contribution in [3.63, 3.8) is 0 Å². The summed E-state index contributed by atoms with van der Waals surface area (Å²) in [6.07, 6.45) is -0.0544. The molecular formula is C22H23F3IN3O3. The third-order valence-corrected chi connectivity index (χ3v) is 5.33. The van der Waals surface area contributed by atoms with E-state index < -0.39 is 46.7 Å². The minimum atomic E-state index is -1.09. The zero-order valence-electron chi connectivity index (χ0n) is 17.8. The molecule has 1 aliphatic heterocycles. The van der Waals surface area contributed by atoms with E-state index in [1.54, 1.807) is 26.8 Å². The van der Waals surface area contributed by atoms with Crippen LogP contribution < -0.4 is 10.6 Å². The third-order valence-electron chi connectivity index (χ3n) is 4.66. The van der Waals surface area contributed by atoms with Crippen molar-refractivity contribution < 1.29 is 27.5 Å². The van der Waals surface area contributed by atoms with E-state index in [2.05, 4.69) is 10.6 Å². The summed E-state index contributed by atoms with van der Waals surface area (Å²) in [5.74, 6) is -3.42. The zero-order valence-corrected chi connectivity index (χ0v) is 19.9. The van der Waals surface area contributed by atoms with Gasteiger partial charge in [-0.25, -0.2) is 18.0 Å². The van der Waals surface area contributed by atoms with Crippen LogP contribution >= 0.6 is 22.6 Å². The van der Waals surface area contributed by atoms with Gasteiger partial charge < -0.3 is 20.3 Å². The Morgan fingerprint density at radius 2 is 1.81 bits per heavy atom. The highest BCUT2D eigenvalue weighted by atomic mass is 127. The van der Waals surface area contributed by atoms with Crippen LogP contribution in [0, 0.1) is 21.0 Å². The molecule has 1 unspecified atom stereocenters. The molecule has 172 valence electrons. The molecule has 3 rings (SSSR count). The molecule has 32 heavy (non-hydrogen) atoms. The molecule has 0 aliphatic carbocycles. The van der Waals surface area contributed by atoms with Crippen LogP contribution in [0.4, 0.5) is 29.3 Å². The monoisotopic (exact) mass is 561 g/mol. The van der Waals surface area contributed by atoms with Gasteiger partial charge in [-0.1, -0.05) is 0 Å². The molecule has 2 amide bonds. The molecule has 0 spiro atoms. The minimum Gasteiger partial charge on any atom is -0.444 e.